The summed E-state index contributed by atoms with van der Waals surface area (Å²) in [5, 5.41) is 0. The van der Waals surface area contributed by atoms with Gasteiger partial charge in [-0.25, -0.2) is 17.5 Å². The zero-order valence-corrected chi connectivity index (χ0v) is 12.7. The van der Waals surface area contributed by atoms with E-state index in [1.165, 1.54) is 25.3 Å². The van der Waals surface area contributed by atoms with Gasteiger partial charge in [-0.2, -0.15) is 0 Å². The molecular formula is C14H21FN2O3S. The predicted octanol–water partition coefficient (Wildman–Crippen LogP) is 2.04. The molecule has 0 heterocycles. The summed E-state index contributed by atoms with van der Waals surface area (Å²) in [5.74, 6) is -0.672. The van der Waals surface area contributed by atoms with Gasteiger partial charge in [0.1, 0.15) is 5.82 Å². The average molecular weight is 316 g/mol. The maximum absolute atomic E-state index is 13.2. The minimum atomic E-state index is -3.76. The van der Waals surface area contributed by atoms with Crippen molar-refractivity contribution in [2.75, 3.05) is 18.9 Å². The summed E-state index contributed by atoms with van der Waals surface area (Å²) in [6.07, 6.45) is 5.87. The maximum atomic E-state index is 13.2. The maximum Gasteiger partial charge on any atom is 0.240 e. The largest absolute Gasteiger partial charge is 0.399 e. The third kappa shape index (κ3) is 4.94. The molecule has 1 aliphatic rings. The molecular weight excluding hydrogens is 295 g/mol. The molecule has 1 fully saturated rings. The van der Waals surface area contributed by atoms with Gasteiger partial charge in [0.15, 0.2) is 0 Å². The van der Waals surface area contributed by atoms with E-state index in [1.54, 1.807) is 0 Å². The highest BCUT2D eigenvalue weighted by molar-refractivity contribution is 7.89. The molecule has 0 aromatic heterocycles. The molecule has 0 radical (unpaired) electrons. The summed E-state index contributed by atoms with van der Waals surface area (Å²) in [6.45, 7) is 0.476. The Morgan fingerprint density at radius 1 is 1.24 bits per heavy atom. The van der Waals surface area contributed by atoms with Crippen LogP contribution in [0.15, 0.2) is 23.1 Å². The molecule has 1 aliphatic carbocycles. The molecule has 1 saturated carbocycles. The van der Waals surface area contributed by atoms with E-state index in [9.17, 15) is 12.8 Å². The lowest BCUT2D eigenvalue weighted by Crippen LogP contribution is -2.29. The highest BCUT2D eigenvalue weighted by Crippen LogP contribution is 2.20. The van der Waals surface area contributed by atoms with Gasteiger partial charge in [0.2, 0.25) is 10.0 Å². The van der Waals surface area contributed by atoms with Crippen molar-refractivity contribution in [3.8, 4) is 0 Å². The Bertz CT molecular complexity index is 551. The first kappa shape index (κ1) is 16.2. The summed E-state index contributed by atoms with van der Waals surface area (Å²) in [6, 6.07) is 3.25. The average Bonchev–Trinajstić information content (AvgIpc) is 2.44. The third-order valence-corrected chi connectivity index (χ3v) is 4.94. The number of sulfonamides is 1. The quantitative estimate of drug-likeness (QED) is 0.621. The van der Waals surface area contributed by atoms with Gasteiger partial charge in [-0.15, -0.1) is 0 Å². The van der Waals surface area contributed by atoms with E-state index >= 15 is 0 Å². The van der Waals surface area contributed by atoms with Crippen LogP contribution < -0.4 is 10.5 Å². The van der Waals surface area contributed by atoms with E-state index in [1.807, 2.05) is 0 Å². The minimum absolute atomic E-state index is 0.0776. The van der Waals surface area contributed by atoms with E-state index < -0.39 is 15.8 Å². The number of rotatable bonds is 6. The lowest BCUT2D eigenvalue weighted by Gasteiger charge is -2.22. The summed E-state index contributed by atoms with van der Waals surface area (Å²) in [5.41, 5.74) is 5.53. The number of benzene rings is 1. The second kappa shape index (κ2) is 7.20. The molecule has 3 N–H and O–H groups in total. The van der Waals surface area contributed by atoms with Crippen molar-refractivity contribution in [3.63, 3.8) is 0 Å². The third-order valence-electron chi connectivity index (χ3n) is 3.50. The van der Waals surface area contributed by atoms with E-state index in [4.69, 9.17) is 10.5 Å². The highest BCUT2D eigenvalue weighted by atomic mass is 32.2. The Kier molecular flexibility index (Phi) is 5.55. The number of nitrogens with two attached hydrogens (primary N) is 1. The molecule has 0 amide bonds. The van der Waals surface area contributed by atoms with Crippen LogP contribution in [0.2, 0.25) is 0 Å². The fraction of sp³-hybridized carbons (Fsp3) is 0.571. The van der Waals surface area contributed by atoms with Crippen LogP contribution in [0.1, 0.15) is 32.1 Å². The number of nitrogen functional groups attached to an aromatic ring is 1. The molecule has 0 saturated heterocycles. The molecule has 7 heteroatoms. The Morgan fingerprint density at radius 3 is 2.62 bits per heavy atom. The van der Waals surface area contributed by atoms with E-state index in [-0.39, 0.29) is 23.2 Å². The smallest absolute Gasteiger partial charge is 0.240 e. The Morgan fingerprint density at radius 2 is 1.95 bits per heavy atom. The summed E-state index contributed by atoms with van der Waals surface area (Å²) in [7, 11) is -3.76. The van der Waals surface area contributed by atoms with Gasteiger partial charge in [-0.05, 0) is 31.0 Å². The second-order valence-corrected chi connectivity index (χ2v) is 7.02. The summed E-state index contributed by atoms with van der Waals surface area (Å²) < 4.78 is 45.2. The number of hydrogen-bond acceptors (Lipinski definition) is 4. The van der Waals surface area contributed by atoms with E-state index in [0.29, 0.717) is 6.61 Å². The molecule has 0 unspecified atom stereocenters. The van der Waals surface area contributed by atoms with Crippen LogP contribution in [-0.4, -0.2) is 27.7 Å². The second-order valence-electron chi connectivity index (χ2n) is 5.25. The number of nitrogens with one attached hydrogen (secondary N) is 1. The Labute approximate surface area is 124 Å². The van der Waals surface area contributed by atoms with Crippen molar-refractivity contribution in [3.05, 3.63) is 24.0 Å². The Balaban J connectivity index is 1.83. The van der Waals surface area contributed by atoms with Crippen molar-refractivity contribution in [2.24, 2.45) is 0 Å². The number of halogens is 1. The lowest BCUT2D eigenvalue weighted by atomic mass is 9.98. The van der Waals surface area contributed by atoms with Crippen LogP contribution in [0.3, 0.4) is 0 Å². The molecule has 118 valence electrons. The normalized spacial score (nSPS) is 17.0. The van der Waals surface area contributed by atoms with Crippen LogP contribution in [0.4, 0.5) is 10.1 Å². The van der Waals surface area contributed by atoms with Gasteiger partial charge in [-0.1, -0.05) is 19.3 Å². The highest BCUT2D eigenvalue weighted by Gasteiger charge is 2.17. The fourth-order valence-electron chi connectivity index (χ4n) is 2.46. The van der Waals surface area contributed by atoms with Crippen LogP contribution in [0.25, 0.3) is 0 Å². The van der Waals surface area contributed by atoms with E-state index in [0.717, 1.165) is 25.0 Å². The van der Waals surface area contributed by atoms with Gasteiger partial charge in [0.05, 0.1) is 17.6 Å². The molecule has 1 aromatic carbocycles. The summed E-state index contributed by atoms with van der Waals surface area (Å²) in [4.78, 5) is -0.169. The molecule has 2 rings (SSSR count). The number of ether oxygens (including phenoxy) is 1. The van der Waals surface area contributed by atoms with Gasteiger partial charge >= 0.3 is 0 Å². The van der Waals surface area contributed by atoms with Crippen LogP contribution in [0, 0.1) is 5.82 Å². The van der Waals surface area contributed by atoms with Crippen molar-refractivity contribution in [1.82, 2.24) is 4.72 Å². The SMILES string of the molecule is Nc1cc(F)cc(S(=O)(=O)NCCOC2CCCCC2)c1. The van der Waals surface area contributed by atoms with Gasteiger partial charge < -0.3 is 10.5 Å². The molecule has 0 spiro atoms. The monoisotopic (exact) mass is 316 g/mol. The van der Waals surface area contributed by atoms with Crippen molar-refractivity contribution >= 4 is 15.7 Å². The van der Waals surface area contributed by atoms with Crippen molar-refractivity contribution in [1.29, 1.82) is 0 Å². The molecule has 21 heavy (non-hydrogen) atoms. The molecule has 5 nitrogen and oxygen atoms in total. The lowest BCUT2D eigenvalue weighted by molar-refractivity contribution is 0.0321. The first-order valence-electron chi connectivity index (χ1n) is 7.15. The summed E-state index contributed by atoms with van der Waals surface area (Å²) >= 11 is 0. The van der Waals surface area contributed by atoms with E-state index in [2.05, 4.69) is 4.72 Å². The fourth-order valence-corrected chi connectivity index (χ4v) is 3.53. The number of hydrogen-bond donors (Lipinski definition) is 2. The minimum Gasteiger partial charge on any atom is -0.399 e. The molecule has 1 aromatic rings. The predicted molar refractivity (Wildman–Crippen MR) is 78.8 cm³/mol. The Hall–Kier alpha value is -1.18. The van der Waals surface area contributed by atoms with Crippen LogP contribution in [0.5, 0.6) is 0 Å². The van der Waals surface area contributed by atoms with Crippen LogP contribution >= 0.6 is 0 Å². The molecule has 0 bridgehead atoms. The van der Waals surface area contributed by atoms with Gasteiger partial charge in [0.25, 0.3) is 0 Å². The number of anilines is 1. The zero-order valence-electron chi connectivity index (χ0n) is 11.8. The first-order valence-corrected chi connectivity index (χ1v) is 8.63. The van der Waals surface area contributed by atoms with Crippen molar-refractivity contribution in [2.45, 2.75) is 43.1 Å². The standard InChI is InChI=1S/C14H21FN2O3S/c15-11-8-12(16)10-14(9-11)21(18,19)17-6-7-20-13-4-2-1-3-5-13/h8-10,13,17H,1-7,16H2. The van der Waals surface area contributed by atoms with Crippen molar-refractivity contribution < 1.29 is 17.5 Å². The molecule has 0 aliphatic heterocycles. The topological polar surface area (TPSA) is 81.4 Å². The van der Waals surface area contributed by atoms with Crippen LogP contribution in [-0.2, 0) is 14.8 Å². The first-order chi connectivity index (χ1) is 9.97. The van der Waals surface area contributed by atoms with Gasteiger partial charge in [-0.3, -0.25) is 0 Å². The van der Waals surface area contributed by atoms with Gasteiger partial charge in [0, 0.05) is 12.2 Å². The molecule has 0 atom stereocenters. The zero-order chi connectivity index (χ0) is 15.3.